The Balaban J connectivity index is 0.000000497. The first-order valence-electron chi connectivity index (χ1n) is 7.82. The Morgan fingerprint density at radius 3 is 2.16 bits per heavy atom. The maximum absolute atomic E-state index is 10.2. The average molecular weight is 345 g/mol. The van der Waals surface area contributed by atoms with Crippen LogP contribution in [0, 0.1) is 5.92 Å². The average Bonchev–Trinajstić information content (AvgIpc) is 2.64. The standard InChI is InChI=1S/C12H18N2O.C6H5NO.2CH4/c1-14-7-4-10(5-8-14)12(15)11-3-2-6-13-9-11;8-5-6-2-1-3-7-4-6;;/h2-3,6,9-10,12,15H,4-5,7-8H2,1H3;1-5H;2*1H4. The number of aromatic nitrogens is 2. The molecule has 0 aromatic carbocycles. The summed E-state index contributed by atoms with van der Waals surface area (Å²) in [7, 11) is 2.13. The number of hydrogen-bond donors (Lipinski definition) is 1. The molecule has 3 heterocycles. The molecule has 0 spiro atoms. The van der Waals surface area contributed by atoms with Gasteiger partial charge in [-0.1, -0.05) is 20.9 Å². The number of pyridine rings is 2. The highest BCUT2D eigenvalue weighted by molar-refractivity contribution is 5.73. The van der Waals surface area contributed by atoms with E-state index in [1.54, 1.807) is 30.7 Å². The summed E-state index contributed by atoms with van der Waals surface area (Å²) in [6, 6.07) is 7.27. The molecule has 138 valence electrons. The fourth-order valence-corrected chi connectivity index (χ4v) is 2.61. The van der Waals surface area contributed by atoms with E-state index < -0.39 is 0 Å². The van der Waals surface area contributed by atoms with Gasteiger partial charge in [-0.05, 0) is 62.7 Å². The first kappa shape index (κ1) is 22.9. The largest absolute Gasteiger partial charge is 0.388 e. The minimum absolute atomic E-state index is 0. The van der Waals surface area contributed by atoms with Crippen molar-refractivity contribution in [1.82, 2.24) is 14.9 Å². The third kappa shape index (κ3) is 7.54. The fourth-order valence-electron chi connectivity index (χ4n) is 2.61. The highest BCUT2D eigenvalue weighted by Gasteiger charge is 2.24. The molecule has 1 fully saturated rings. The van der Waals surface area contributed by atoms with Gasteiger partial charge in [-0.15, -0.1) is 0 Å². The number of aliphatic hydroxyl groups is 1. The predicted octanol–water partition coefficient (Wildman–Crippen LogP) is 3.62. The molecule has 0 bridgehead atoms. The van der Waals surface area contributed by atoms with Crippen molar-refractivity contribution in [2.24, 2.45) is 5.92 Å². The summed E-state index contributed by atoms with van der Waals surface area (Å²) in [5.41, 5.74) is 1.57. The number of carbonyl (C=O) groups is 1. The summed E-state index contributed by atoms with van der Waals surface area (Å²) in [4.78, 5) is 20.0. The monoisotopic (exact) mass is 345 g/mol. The number of aliphatic hydroxyl groups excluding tert-OH is 1. The molecule has 0 saturated carbocycles. The van der Waals surface area contributed by atoms with Gasteiger partial charge < -0.3 is 10.0 Å². The molecule has 5 nitrogen and oxygen atoms in total. The maximum Gasteiger partial charge on any atom is 0.151 e. The second kappa shape index (κ2) is 12.3. The van der Waals surface area contributed by atoms with Gasteiger partial charge in [0.15, 0.2) is 6.29 Å². The number of hydrogen-bond acceptors (Lipinski definition) is 5. The van der Waals surface area contributed by atoms with Gasteiger partial charge in [0.25, 0.3) is 0 Å². The molecule has 5 heteroatoms. The minimum Gasteiger partial charge on any atom is -0.388 e. The lowest BCUT2D eigenvalue weighted by Crippen LogP contribution is -2.32. The molecule has 1 N–H and O–H groups in total. The number of aldehydes is 1. The number of piperidine rings is 1. The number of likely N-dealkylation sites (tertiary alicyclic amines) is 1. The smallest absolute Gasteiger partial charge is 0.151 e. The van der Waals surface area contributed by atoms with E-state index in [1.807, 2.05) is 12.1 Å². The van der Waals surface area contributed by atoms with E-state index in [0.717, 1.165) is 37.8 Å². The zero-order valence-electron chi connectivity index (χ0n) is 13.4. The van der Waals surface area contributed by atoms with Crippen LogP contribution < -0.4 is 0 Å². The summed E-state index contributed by atoms with van der Waals surface area (Å²) < 4.78 is 0. The molecule has 1 unspecified atom stereocenters. The molecule has 2 aromatic rings. The first-order chi connectivity index (χ1) is 11.2. The van der Waals surface area contributed by atoms with Crippen LogP contribution in [-0.4, -0.2) is 46.4 Å². The van der Waals surface area contributed by atoms with Crippen LogP contribution in [0.4, 0.5) is 0 Å². The van der Waals surface area contributed by atoms with Crippen LogP contribution in [0.25, 0.3) is 0 Å². The van der Waals surface area contributed by atoms with Gasteiger partial charge in [0, 0.05) is 30.4 Å². The molecule has 2 aromatic heterocycles. The van der Waals surface area contributed by atoms with E-state index in [4.69, 9.17) is 0 Å². The Bertz CT molecular complexity index is 570. The Labute approximate surface area is 151 Å². The Hall–Kier alpha value is -2.11. The molecule has 0 aliphatic carbocycles. The van der Waals surface area contributed by atoms with E-state index in [0.29, 0.717) is 11.5 Å². The highest BCUT2D eigenvalue weighted by Crippen LogP contribution is 2.29. The summed E-state index contributed by atoms with van der Waals surface area (Å²) in [6.45, 7) is 2.17. The van der Waals surface area contributed by atoms with Gasteiger partial charge in [0.2, 0.25) is 0 Å². The number of nitrogens with zero attached hydrogens (tertiary/aromatic N) is 3. The number of rotatable bonds is 3. The number of carbonyl (C=O) groups excluding carboxylic acids is 1. The van der Waals surface area contributed by atoms with Crippen molar-refractivity contribution in [1.29, 1.82) is 0 Å². The topological polar surface area (TPSA) is 66.3 Å². The summed E-state index contributed by atoms with van der Waals surface area (Å²) in [5, 5.41) is 10.2. The zero-order chi connectivity index (χ0) is 16.5. The van der Waals surface area contributed by atoms with Gasteiger partial charge in [-0.25, -0.2) is 0 Å². The Morgan fingerprint density at radius 2 is 1.72 bits per heavy atom. The minimum atomic E-state index is -0.340. The van der Waals surface area contributed by atoms with Gasteiger partial charge in [-0.2, -0.15) is 0 Å². The fraction of sp³-hybridized carbons (Fsp3) is 0.450. The molecule has 0 radical (unpaired) electrons. The molecule has 1 atom stereocenters. The van der Waals surface area contributed by atoms with Crippen LogP contribution in [0.3, 0.4) is 0 Å². The second-order valence-corrected chi connectivity index (χ2v) is 5.78. The normalized spacial score (nSPS) is 15.6. The van der Waals surface area contributed by atoms with Crippen molar-refractivity contribution in [3.05, 3.63) is 60.2 Å². The lowest BCUT2D eigenvalue weighted by atomic mass is 9.88. The molecule has 1 saturated heterocycles. The Morgan fingerprint density at radius 1 is 1.12 bits per heavy atom. The highest BCUT2D eigenvalue weighted by atomic mass is 16.3. The van der Waals surface area contributed by atoms with Crippen LogP contribution in [0.2, 0.25) is 0 Å². The van der Waals surface area contributed by atoms with E-state index in [1.165, 1.54) is 6.20 Å². The van der Waals surface area contributed by atoms with Crippen molar-refractivity contribution in [3.8, 4) is 0 Å². The summed E-state index contributed by atoms with van der Waals surface area (Å²) in [5.74, 6) is 0.394. The molecular weight excluding hydrogens is 314 g/mol. The van der Waals surface area contributed by atoms with Crippen LogP contribution in [-0.2, 0) is 0 Å². The van der Waals surface area contributed by atoms with Crippen molar-refractivity contribution in [3.63, 3.8) is 0 Å². The van der Waals surface area contributed by atoms with Crippen molar-refractivity contribution in [2.45, 2.75) is 33.8 Å². The van der Waals surface area contributed by atoms with Gasteiger partial charge in [0.1, 0.15) is 0 Å². The first-order valence-corrected chi connectivity index (χ1v) is 7.82. The summed E-state index contributed by atoms with van der Waals surface area (Å²) in [6.07, 6.45) is 9.24. The second-order valence-electron chi connectivity index (χ2n) is 5.78. The third-order valence-corrected chi connectivity index (χ3v) is 4.06. The molecule has 1 aliphatic heterocycles. The zero-order valence-corrected chi connectivity index (χ0v) is 13.4. The molecule has 0 amide bonds. The summed E-state index contributed by atoms with van der Waals surface area (Å²) >= 11 is 0. The molecule has 1 aliphatic rings. The van der Waals surface area contributed by atoms with Crippen molar-refractivity contribution in [2.75, 3.05) is 20.1 Å². The van der Waals surface area contributed by atoms with Crippen LogP contribution >= 0.6 is 0 Å². The quantitative estimate of drug-likeness (QED) is 0.861. The van der Waals surface area contributed by atoms with Crippen molar-refractivity contribution < 1.29 is 9.90 Å². The third-order valence-electron chi connectivity index (χ3n) is 4.06. The maximum atomic E-state index is 10.2. The van der Waals surface area contributed by atoms with Crippen LogP contribution in [0.5, 0.6) is 0 Å². The van der Waals surface area contributed by atoms with Crippen molar-refractivity contribution >= 4 is 6.29 Å². The molecule has 3 rings (SSSR count). The van der Waals surface area contributed by atoms with Gasteiger partial charge in [0.05, 0.1) is 6.10 Å². The lowest BCUT2D eigenvalue weighted by molar-refractivity contribution is 0.0655. The van der Waals surface area contributed by atoms with E-state index in [-0.39, 0.29) is 21.0 Å². The van der Waals surface area contributed by atoms with Gasteiger partial charge in [-0.3, -0.25) is 14.8 Å². The van der Waals surface area contributed by atoms with Crippen LogP contribution in [0.1, 0.15) is 49.7 Å². The van der Waals surface area contributed by atoms with E-state index in [2.05, 4.69) is 21.9 Å². The Kier molecular flexibility index (Phi) is 11.2. The van der Waals surface area contributed by atoms with Crippen LogP contribution in [0.15, 0.2) is 49.1 Å². The lowest BCUT2D eigenvalue weighted by Gasteiger charge is -2.31. The molecule has 25 heavy (non-hydrogen) atoms. The molecular formula is C20H31N3O2. The van der Waals surface area contributed by atoms with E-state index >= 15 is 0 Å². The SMILES string of the molecule is C.C.CN1CCC(C(O)c2cccnc2)CC1.O=Cc1cccnc1. The van der Waals surface area contributed by atoms with E-state index in [9.17, 15) is 9.90 Å². The van der Waals surface area contributed by atoms with Gasteiger partial charge >= 0.3 is 0 Å². The predicted molar refractivity (Wildman–Crippen MR) is 103 cm³/mol.